The second-order valence-electron chi connectivity index (χ2n) is 9.65. The van der Waals surface area contributed by atoms with E-state index < -0.39 is 0 Å². The van der Waals surface area contributed by atoms with Crippen LogP contribution in [0.15, 0.2) is 89.3 Å². The molecule has 1 fully saturated rings. The standard InChI is InChI=1S/C31H31ClFN3O3/c1-38-28-10-3-6-24(18-28)21-34(20-23-5-2-8-26(33)17-23)22-29-11-12-30(39-29)31(37)36-15-13-35(14-16-36)27-9-4-7-25(32)19-27/h2-12,17-19H,13-16,20-22H2,1H3. The Morgan fingerprint density at radius 2 is 1.62 bits per heavy atom. The highest BCUT2D eigenvalue weighted by molar-refractivity contribution is 6.30. The summed E-state index contributed by atoms with van der Waals surface area (Å²) in [5, 5.41) is 0.701. The molecule has 39 heavy (non-hydrogen) atoms. The number of hydrogen-bond donors (Lipinski definition) is 0. The maximum absolute atomic E-state index is 13.9. The SMILES string of the molecule is COc1cccc(CN(Cc2cccc(F)c2)Cc2ccc(C(=O)N3CCN(c4cccc(Cl)c4)CC3)o2)c1. The Labute approximate surface area is 233 Å². The van der Waals surface area contributed by atoms with Gasteiger partial charge in [0.1, 0.15) is 17.3 Å². The zero-order chi connectivity index (χ0) is 27.2. The number of carbonyl (C=O) groups excluding carboxylic acids is 1. The summed E-state index contributed by atoms with van der Waals surface area (Å²) < 4.78 is 25.3. The summed E-state index contributed by atoms with van der Waals surface area (Å²) in [6, 6.07) is 25.8. The van der Waals surface area contributed by atoms with Crippen molar-refractivity contribution in [1.29, 1.82) is 0 Å². The van der Waals surface area contributed by atoms with Gasteiger partial charge in [0.15, 0.2) is 5.76 Å². The third-order valence-electron chi connectivity index (χ3n) is 6.83. The van der Waals surface area contributed by atoms with Gasteiger partial charge in [0.05, 0.1) is 13.7 Å². The molecule has 1 aliphatic rings. The van der Waals surface area contributed by atoms with Gasteiger partial charge in [-0.3, -0.25) is 9.69 Å². The van der Waals surface area contributed by atoms with Crippen LogP contribution in [0.5, 0.6) is 5.75 Å². The van der Waals surface area contributed by atoms with E-state index in [0.29, 0.717) is 49.3 Å². The fourth-order valence-corrected chi connectivity index (χ4v) is 5.07. The predicted octanol–water partition coefficient (Wildman–Crippen LogP) is 6.25. The lowest BCUT2D eigenvalue weighted by molar-refractivity contribution is 0.0710. The zero-order valence-electron chi connectivity index (χ0n) is 21.9. The van der Waals surface area contributed by atoms with Crippen LogP contribution in [0.25, 0.3) is 0 Å². The number of hydrogen-bond acceptors (Lipinski definition) is 5. The Balaban J connectivity index is 1.25. The normalized spacial score (nSPS) is 13.6. The lowest BCUT2D eigenvalue weighted by atomic mass is 10.1. The fraction of sp³-hybridized carbons (Fsp3) is 0.258. The predicted molar refractivity (Wildman–Crippen MR) is 151 cm³/mol. The molecular formula is C31H31ClFN3O3. The number of halogens is 2. The molecule has 0 N–H and O–H groups in total. The van der Waals surface area contributed by atoms with Gasteiger partial charge < -0.3 is 19.0 Å². The lowest BCUT2D eigenvalue weighted by Crippen LogP contribution is -2.48. The second-order valence-corrected chi connectivity index (χ2v) is 10.1. The Morgan fingerprint density at radius 3 is 2.33 bits per heavy atom. The molecule has 3 aromatic carbocycles. The zero-order valence-corrected chi connectivity index (χ0v) is 22.6. The summed E-state index contributed by atoms with van der Waals surface area (Å²) in [7, 11) is 1.64. The van der Waals surface area contributed by atoms with Gasteiger partial charge in [-0.05, 0) is 65.7 Å². The molecule has 1 aromatic heterocycles. The smallest absolute Gasteiger partial charge is 0.289 e. The van der Waals surface area contributed by atoms with E-state index in [1.54, 1.807) is 25.3 Å². The summed E-state index contributed by atoms with van der Waals surface area (Å²) in [4.78, 5) is 19.4. The van der Waals surface area contributed by atoms with Gasteiger partial charge in [-0.2, -0.15) is 0 Å². The highest BCUT2D eigenvalue weighted by Gasteiger charge is 2.25. The number of amides is 1. The van der Waals surface area contributed by atoms with E-state index in [2.05, 4.69) is 9.80 Å². The van der Waals surface area contributed by atoms with Crippen LogP contribution < -0.4 is 9.64 Å². The van der Waals surface area contributed by atoms with Crippen LogP contribution in [0.4, 0.5) is 10.1 Å². The van der Waals surface area contributed by atoms with Crippen LogP contribution in [0.1, 0.15) is 27.4 Å². The van der Waals surface area contributed by atoms with Crippen LogP contribution in [0.2, 0.25) is 5.02 Å². The summed E-state index contributed by atoms with van der Waals surface area (Å²) in [5.74, 6) is 1.40. The first-order chi connectivity index (χ1) is 19.0. The van der Waals surface area contributed by atoms with Gasteiger partial charge in [-0.25, -0.2) is 4.39 Å². The van der Waals surface area contributed by atoms with Crippen LogP contribution in [0.3, 0.4) is 0 Å². The molecule has 5 rings (SSSR count). The van der Waals surface area contributed by atoms with Gasteiger partial charge in [0, 0.05) is 50.0 Å². The first-order valence-corrected chi connectivity index (χ1v) is 13.3. The number of nitrogens with zero attached hydrogens (tertiary/aromatic N) is 3. The quantitative estimate of drug-likeness (QED) is 0.248. The highest BCUT2D eigenvalue weighted by atomic mass is 35.5. The van der Waals surface area contributed by atoms with Crippen molar-refractivity contribution in [2.75, 3.05) is 38.2 Å². The van der Waals surface area contributed by atoms with E-state index in [-0.39, 0.29) is 11.7 Å². The summed E-state index contributed by atoms with van der Waals surface area (Å²) in [6.45, 7) is 4.23. The molecule has 1 aliphatic heterocycles. The number of carbonyl (C=O) groups is 1. The largest absolute Gasteiger partial charge is 0.497 e. The maximum atomic E-state index is 13.9. The van der Waals surface area contributed by atoms with E-state index in [1.165, 1.54) is 6.07 Å². The number of furan rings is 1. The second kappa shape index (κ2) is 12.4. The van der Waals surface area contributed by atoms with Crippen LogP contribution in [0, 0.1) is 5.82 Å². The van der Waals surface area contributed by atoms with Gasteiger partial charge in [-0.1, -0.05) is 41.9 Å². The van der Waals surface area contributed by atoms with Crippen LogP contribution in [-0.4, -0.2) is 49.0 Å². The number of anilines is 1. The number of benzene rings is 3. The lowest BCUT2D eigenvalue weighted by Gasteiger charge is -2.35. The fourth-order valence-electron chi connectivity index (χ4n) is 4.88. The molecule has 0 aliphatic carbocycles. The molecule has 0 saturated carbocycles. The van der Waals surface area contributed by atoms with Crippen molar-refractivity contribution in [3.05, 3.63) is 118 Å². The van der Waals surface area contributed by atoms with Gasteiger partial charge in [0.25, 0.3) is 5.91 Å². The van der Waals surface area contributed by atoms with Gasteiger partial charge in [-0.15, -0.1) is 0 Å². The Kier molecular flexibility index (Phi) is 8.49. The molecule has 0 unspecified atom stereocenters. The maximum Gasteiger partial charge on any atom is 0.289 e. The van der Waals surface area contributed by atoms with Crippen molar-refractivity contribution in [2.24, 2.45) is 0 Å². The number of piperazine rings is 1. The third-order valence-corrected chi connectivity index (χ3v) is 7.06. The molecule has 8 heteroatoms. The molecule has 1 amide bonds. The van der Waals surface area contributed by atoms with E-state index in [9.17, 15) is 9.18 Å². The molecular weight excluding hydrogens is 517 g/mol. The minimum Gasteiger partial charge on any atom is -0.497 e. The Bertz CT molecular complexity index is 1420. The number of rotatable bonds is 9. The minimum atomic E-state index is -0.268. The summed E-state index contributed by atoms with van der Waals surface area (Å²) in [6.07, 6.45) is 0. The first-order valence-electron chi connectivity index (χ1n) is 12.9. The van der Waals surface area contributed by atoms with Crippen LogP contribution in [-0.2, 0) is 19.6 Å². The average molecular weight is 548 g/mol. The van der Waals surface area contributed by atoms with Crippen LogP contribution >= 0.6 is 11.6 Å². The minimum absolute atomic E-state index is 0.114. The number of methoxy groups -OCH3 is 1. The molecule has 0 spiro atoms. The number of ether oxygens (including phenoxy) is 1. The first kappa shape index (κ1) is 26.8. The molecule has 1 saturated heterocycles. The van der Waals surface area contributed by atoms with Crippen molar-refractivity contribution in [2.45, 2.75) is 19.6 Å². The Morgan fingerprint density at radius 1 is 0.897 bits per heavy atom. The highest BCUT2D eigenvalue weighted by Crippen LogP contribution is 2.23. The third kappa shape index (κ3) is 6.99. The van der Waals surface area contributed by atoms with E-state index >= 15 is 0 Å². The molecule has 0 bridgehead atoms. The molecule has 6 nitrogen and oxygen atoms in total. The molecule has 0 radical (unpaired) electrons. The van der Waals surface area contributed by atoms with Crippen molar-refractivity contribution < 1.29 is 18.3 Å². The van der Waals surface area contributed by atoms with Crippen molar-refractivity contribution in [1.82, 2.24) is 9.80 Å². The topological polar surface area (TPSA) is 49.2 Å². The van der Waals surface area contributed by atoms with E-state index in [0.717, 1.165) is 35.7 Å². The molecule has 4 aromatic rings. The van der Waals surface area contributed by atoms with E-state index in [4.69, 9.17) is 20.8 Å². The molecule has 202 valence electrons. The Hall–Kier alpha value is -3.81. The van der Waals surface area contributed by atoms with Gasteiger partial charge in [0.2, 0.25) is 0 Å². The monoisotopic (exact) mass is 547 g/mol. The van der Waals surface area contributed by atoms with Crippen molar-refractivity contribution in [3.63, 3.8) is 0 Å². The van der Waals surface area contributed by atoms with E-state index in [1.807, 2.05) is 65.6 Å². The average Bonchev–Trinajstić information content (AvgIpc) is 3.41. The summed E-state index contributed by atoms with van der Waals surface area (Å²) in [5.41, 5.74) is 2.98. The summed E-state index contributed by atoms with van der Waals surface area (Å²) >= 11 is 6.14. The van der Waals surface area contributed by atoms with Crippen molar-refractivity contribution in [3.8, 4) is 5.75 Å². The van der Waals surface area contributed by atoms with Crippen molar-refractivity contribution >= 4 is 23.2 Å². The molecule has 0 atom stereocenters. The van der Waals surface area contributed by atoms with Gasteiger partial charge >= 0.3 is 0 Å². The molecule has 2 heterocycles.